The highest BCUT2D eigenvalue weighted by atomic mass is 16.4. The van der Waals surface area contributed by atoms with Gasteiger partial charge in [-0.3, -0.25) is 4.79 Å². The van der Waals surface area contributed by atoms with Crippen molar-refractivity contribution in [2.24, 2.45) is 12.1 Å². The molecule has 0 saturated carbocycles. The van der Waals surface area contributed by atoms with Crippen LogP contribution in [0.4, 0.5) is 0 Å². The average molecular weight is 335 g/mol. The van der Waals surface area contributed by atoms with Gasteiger partial charge in [-0.25, -0.2) is 0 Å². The first kappa shape index (κ1) is 16.4. The molecule has 0 fully saturated rings. The first-order valence-electron chi connectivity index (χ1n) is 7.48. The van der Waals surface area contributed by atoms with Crippen molar-refractivity contribution in [3.05, 3.63) is 82.4 Å². The van der Waals surface area contributed by atoms with Gasteiger partial charge in [0.05, 0.1) is 17.1 Å². The number of aryl methyl sites for hydroxylation is 1. The van der Waals surface area contributed by atoms with Gasteiger partial charge in [0.25, 0.3) is 0 Å². The van der Waals surface area contributed by atoms with E-state index in [4.69, 9.17) is 0 Å². The van der Waals surface area contributed by atoms with Crippen molar-refractivity contribution in [2.45, 2.75) is 6.92 Å². The zero-order valence-electron chi connectivity index (χ0n) is 13.8. The Hall–Kier alpha value is -3.48. The predicted octanol–water partition coefficient (Wildman–Crippen LogP) is -0.625. The van der Waals surface area contributed by atoms with E-state index in [1.807, 2.05) is 25.4 Å². The molecule has 2 heterocycles. The van der Waals surface area contributed by atoms with Gasteiger partial charge < -0.3 is 25.0 Å². The molecule has 0 aromatic carbocycles. The molecule has 7 nitrogen and oxygen atoms in total. The SMILES string of the molecule is C=[n+]1c(C)c(C(=O)[O-])cc2c1=C([N-]/N=c1\ccccn1C)C=CC2=O. The summed E-state index contributed by atoms with van der Waals surface area (Å²) in [6.07, 6.45) is 4.71. The summed E-state index contributed by atoms with van der Waals surface area (Å²) in [5.41, 5.74) is 5.75. The van der Waals surface area contributed by atoms with Crippen LogP contribution in [-0.2, 0) is 7.05 Å². The van der Waals surface area contributed by atoms with Gasteiger partial charge in [0.1, 0.15) is 12.2 Å². The number of fused-ring (bicyclic) bond motifs is 1. The Morgan fingerprint density at radius 1 is 1.36 bits per heavy atom. The van der Waals surface area contributed by atoms with Crippen LogP contribution in [0.25, 0.3) is 11.1 Å². The minimum Gasteiger partial charge on any atom is -0.568 e. The van der Waals surface area contributed by atoms with E-state index in [1.54, 1.807) is 17.6 Å². The maximum atomic E-state index is 12.2. The van der Waals surface area contributed by atoms with Crippen LogP contribution in [0.1, 0.15) is 26.4 Å². The average Bonchev–Trinajstić information content (AvgIpc) is 2.58. The number of pyridine rings is 2. The third kappa shape index (κ3) is 2.87. The lowest BCUT2D eigenvalue weighted by molar-refractivity contribution is -0.522. The Labute approximate surface area is 143 Å². The fourth-order valence-electron chi connectivity index (χ4n) is 2.57. The van der Waals surface area contributed by atoms with Gasteiger partial charge in [-0.05, 0) is 30.0 Å². The Morgan fingerprint density at radius 2 is 2.12 bits per heavy atom. The van der Waals surface area contributed by atoms with Crippen LogP contribution in [0.15, 0.2) is 47.7 Å². The Balaban J connectivity index is 2.25. The van der Waals surface area contributed by atoms with E-state index in [0.717, 1.165) is 0 Å². The van der Waals surface area contributed by atoms with E-state index >= 15 is 0 Å². The maximum Gasteiger partial charge on any atom is 0.207 e. The molecule has 1 aliphatic carbocycles. The Bertz CT molecular complexity index is 1110. The molecule has 0 unspecified atom stereocenters. The zero-order chi connectivity index (χ0) is 18.1. The summed E-state index contributed by atoms with van der Waals surface area (Å²) in [6.45, 7) is 5.44. The number of nitrogens with zero attached hydrogens (tertiary/aromatic N) is 4. The summed E-state index contributed by atoms with van der Waals surface area (Å²) < 4.78 is 3.17. The van der Waals surface area contributed by atoms with Crippen LogP contribution < -0.4 is 20.2 Å². The second-order valence-electron chi connectivity index (χ2n) is 5.57. The number of rotatable bonds is 3. The topological polar surface area (TPSA) is 94.5 Å². The van der Waals surface area contributed by atoms with E-state index < -0.39 is 5.97 Å². The summed E-state index contributed by atoms with van der Waals surface area (Å²) in [4.78, 5) is 23.4. The number of hydrogen-bond acceptors (Lipinski definition) is 4. The molecule has 0 spiro atoms. The van der Waals surface area contributed by atoms with E-state index in [1.165, 1.54) is 22.5 Å². The summed E-state index contributed by atoms with van der Waals surface area (Å²) in [7, 11) is 1.84. The van der Waals surface area contributed by atoms with Gasteiger partial charge in [0.15, 0.2) is 11.5 Å². The summed E-state index contributed by atoms with van der Waals surface area (Å²) in [5.74, 6) is -1.68. The third-order valence-corrected chi connectivity index (χ3v) is 4.02. The number of carboxylic acid groups (broad SMARTS) is 1. The molecule has 25 heavy (non-hydrogen) atoms. The van der Waals surface area contributed by atoms with Gasteiger partial charge >= 0.3 is 0 Å². The van der Waals surface area contributed by atoms with Crippen molar-refractivity contribution in [1.82, 2.24) is 4.57 Å². The second kappa shape index (κ2) is 6.20. The quantitative estimate of drug-likeness (QED) is 0.552. The molecule has 2 aromatic rings. The number of hydrogen-bond donors (Lipinski definition) is 0. The number of allylic oxidation sites excluding steroid dienone is 1. The number of carbonyl (C=O) groups excluding carboxylic acids is 2. The lowest BCUT2D eigenvalue weighted by Gasteiger charge is -2.19. The molecule has 0 atom stereocenters. The number of aromatic carboxylic acids is 1. The molecule has 2 aromatic heterocycles. The molecule has 126 valence electrons. The summed E-state index contributed by atoms with van der Waals surface area (Å²) in [6, 6.07) is 6.80. The maximum absolute atomic E-state index is 12.2. The molecule has 7 heteroatoms. The number of carbonyl (C=O) groups is 2. The Morgan fingerprint density at radius 3 is 2.80 bits per heavy atom. The largest absolute Gasteiger partial charge is 0.568 e. The lowest BCUT2D eigenvalue weighted by atomic mass is 10.0. The van der Waals surface area contributed by atoms with Crippen LogP contribution >= 0.6 is 0 Å². The van der Waals surface area contributed by atoms with Gasteiger partial charge in [0.2, 0.25) is 5.35 Å². The van der Waals surface area contributed by atoms with Gasteiger partial charge in [-0.15, -0.1) is 0 Å². The smallest absolute Gasteiger partial charge is 0.207 e. The molecule has 1 aliphatic rings. The Kier molecular flexibility index (Phi) is 4.06. The molecule has 0 radical (unpaired) electrons. The van der Waals surface area contributed by atoms with Crippen LogP contribution in [-0.4, -0.2) is 16.3 Å². The number of aromatic nitrogens is 2. The molecular weight excluding hydrogens is 320 g/mol. The second-order valence-corrected chi connectivity index (χ2v) is 5.57. The molecular formula is C18H15N4O3-. The highest BCUT2D eigenvalue weighted by molar-refractivity contribution is 6.08. The predicted molar refractivity (Wildman–Crippen MR) is 87.3 cm³/mol. The monoisotopic (exact) mass is 335 g/mol. The minimum absolute atomic E-state index is 0.0804. The van der Waals surface area contributed by atoms with Gasteiger partial charge in [-0.1, -0.05) is 12.1 Å². The highest BCUT2D eigenvalue weighted by Gasteiger charge is 2.20. The normalized spacial score (nSPS) is 13.8. The van der Waals surface area contributed by atoms with E-state index in [0.29, 0.717) is 22.2 Å². The fraction of sp³-hybridized carbons (Fsp3) is 0.111. The van der Waals surface area contributed by atoms with Crippen LogP contribution in [0.5, 0.6) is 0 Å². The first-order valence-corrected chi connectivity index (χ1v) is 7.48. The van der Waals surface area contributed by atoms with Crippen LogP contribution in [0.3, 0.4) is 0 Å². The number of carboxylic acids is 1. The van der Waals surface area contributed by atoms with Crippen molar-refractivity contribution >= 4 is 17.4 Å². The molecule has 0 aliphatic heterocycles. The van der Waals surface area contributed by atoms with Crippen molar-refractivity contribution in [1.29, 1.82) is 0 Å². The van der Waals surface area contributed by atoms with Gasteiger partial charge in [-0.2, -0.15) is 4.24 Å². The van der Waals surface area contributed by atoms with Crippen LogP contribution in [0.2, 0.25) is 0 Å². The molecule has 0 N–H and O–H groups in total. The molecule has 3 rings (SSSR count). The van der Waals surface area contributed by atoms with E-state index in [9.17, 15) is 14.7 Å². The summed E-state index contributed by atoms with van der Waals surface area (Å²) >= 11 is 0. The van der Waals surface area contributed by atoms with Crippen molar-refractivity contribution in [3.63, 3.8) is 0 Å². The van der Waals surface area contributed by atoms with Crippen molar-refractivity contribution in [2.75, 3.05) is 0 Å². The summed E-state index contributed by atoms with van der Waals surface area (Å²) in [5, 5.41) is 15.9. The third-order valence-electron chi connectivity index (χ3n) is 4.02. The van der Waals surface area contributed by atoms with Crippen molar-refractivity contribution < 1.29 is 18.9 Å². The molecule has 0 amide bonds. The van der Waals surface area contributed by atoms with Gasteiger partial charge in [0, 0.05) is 20.2 Å². The minimum atomic E-state index is -1.36. The van der Waals surface area contributed by atoms with Crippen molar-refractivity contribution in [3.8, 4) is 0 Å². The standard InChI is InChI=1S/C18H16N4O3/c1-11-12(18(24)25)10-13-15(23)8-7-14(17(13)22(11)3)19-20-16-6-4-5-9-21(16)2/h4-10H,3H2,1-2H3,(H,24,25)/p-1/b20-16+. The van der Waals surface area contributed by atoms with E-state index in [-0.39, 0.29) is 16.9 Å². The lowest BCUT2D eigenvalue weighted by Crippen LogP contribution is -2.46. The van der Waals surface area contributed by atoms with Crippen LogP contribution in [0, 0.1) is 13.6 Å². The number of ketones is 1. The molecule has 0 saturated heterocycles. The highest BCUT2D eigenvalue weighted by Crippen LogP contribution is 2.14. The molecule has 0 bridgehead atoms. The zero-order valence-corrected chi connectivity index (χ0v) is 13.8. The first-order chi connectivity index (χ1) is 11.9. The fourth-order valence-corrected chi connectivity index (χ4v) is 2.57. The van der Waals surface area contributed by atoms with E-state index in [2.05, 4.69) is 17.2 Å².